The Morgan fingerprint density at radius 2 is 2.10 bits per heavy atom. The maximum atomic E-state index is 12.4. The molecule has 0 aromatic heterocycles. The monoisotopic (exact) mass is 288 g/mol. The van der Waals surface area contributed by atoms with Crippen LogP contribution in [0.3, 0.4) is 0 Å². The summed E-state index contributed by atoms with van der Waals surface area (Å²) in [5.41, 5.74) is 0.816. The summed E-state index contributed by atoms with van der Waals surface area (Å²) in [4.78, 5) is 12.4. The number of esters is 1. The van der Waals surface area contributed by atoms with Gasteiger partial charge >= 0.3 is 5.97 Å². The van der Waals surface area contributed by atoms with Gasteiger partial charge in [-0.2, -0.15) is 0 Å². The van der Waals surface area contributed by atoms with Gasteiger partial charge < -0.3 is 9.47 Å². The zero-order valence-corrected chi connectivity index (χ0v) is 12.7. The molecular formula is C18H24O3. The second kappa shape index (κ2) is 6.18. The largest absolute Gasteiger partial charge is 0.461 e. The van der Waals surface area contributed by atoms with Gasteiger partial charge in [-0.25, -0.2) is 0 Å². The fourth-order valence-corrected chi connectivity index (χ4v) is 4.02. The second-order valence-electron chi connectivity index (χ2n) is 6.21. The Kier molecular flexibility index (Phi) is 4.29. The minimum atomic E-state index is -0.221. The van der Waals surface area contributed by atoms with Crippen LogP contribution in [0.5, 0.6) is 0 Å². The van der Waals surface area contributed by atoms with Crippen LogP contribution in [0.1, 0.15) is 44.6 Å². The molecule has 2 aliphatic rings. The van der Waals surface area contributed by atoms with Crippen molar-refractivity contribution in [2.45, 2.75) is 51.2 Å². The molecule has 3 nitrogen and oxygen atoms in total. The Morgan fingerprint density at radius 3 is 2.81 bits per heavy atom. The van der Waals surface area contributed by atoms with Gasteiger partial charge in [0.2, 0.25) is 0 Å². The highest BCUT2D eigenvalue weighted by atomic mass is 16.5. The topological polar surface area (TPSA) is 35.5 Å². The fraction of sp³-hybridized carbons (Fsp3) is 0.611. The Labute approximate surface area is 126 Å². The smallest absolute Gasteiger partial charge is 0.312 e. The lowest BCUT2D eigenvalue weighted by Crippen LogP contribution is -2.61. The zero-order valence-electron chi connectivity index (χ0n) is 12.7. The highest BCUT2D eigenvalue weighted by Gasteiger charge is 2.60. The molecule has 2 aliphatic carbocycles. The molecule has 3 atom stereocenters. The summed E-state index contributed by atoms with van der Waals surface area (Å²) in [6.45, 7) is 3.06. The minimum Gasteiger partial charge on any atom is -0.461 e. The van der Waals surface area contributed by atoms with Crippen LogP contribution in [0.15, 0.2) is 30.3 Å². The van der Waals surface area contributed by atoms with Crippen molar-refractivity contribution in [1.29, 1.82) is 0 Å². The van der Waals surface area contributed by atoms with Crippen LogP contribution in [0.2, 0.25) is 0 Å². The molecule has 1 aromatic rings. The van der Waals surface area contributed by atoms with Gasteiger partial charge in [-0.05, 0) is 37.7 Å². The maximum absolute atomic E-state index is 12.4. The van der Waals surface area contributed by atoms with Crippen LogP contribution < -0.4 is 0 Å². The first-order valence-corrected chi connectivity index (χ1v) is 8.11. The van der Waals surface area contributed by atoms with Crippen molar-refractivity contribution in [3.8, 4) is 0 Å². The molecule has 0 heterocycles. The predicted molar refractivity (Wildman–Crippen MR) is 80.7 cm³/mol. The molecule has 0 bridgehead atoms. The normalized spacial score (nSPS) is 31.1. The zero-order chi connectivity index (χ0) is 14.7. The van der Waals surface area contributed by atoms with Gasteiger partial charge in [0.05, 0.1) is 11.5 Å². The second-order valence-corrected chi connectivity index (χ2v) is 6.21. The van der Waals surface area contributed by atoms with Crippen molar-refractivity contribution >= 4 is 5.97 Å². The first-order valence-electron chi connectivity index (χ1n) is 8.11. The Bertz CT molecular complexity index is 480. The molecule has 2 saturated carbocycles. The molecule has 2 fully saturated rings. The van der Waals surface area contributed by atoms with Crippen LogP contribution in [-0.4, -0.2) is 18.2 Å². The molecule has 1 aromatic carbocycles. The minimum absolute atomic E-state index is 0.0635. The van der Waals surface area contributed by atoms with E-state index in [-0.39, 0.29) is 17.5 Å². The van der Waals surface area contributed by atoms with E-state index in [9.17, 15) is 4.79 Å². The van der Waals surface area contributed by atoms with Gasteiger partial charge in [0.25, 0.3) is 0 Å². The molecule has 3 heteroatoms. The first-order chi connectivity index (χ1) is 10.3. The molecule has 21 heavy (non-hydrogen) atoms. The van der Waals surface area contributed by atoms with E-state index in [4.69, 9.17) is 9.47 Å². The average Bonchev–Trinajstić information content (AvgIpc) is 2.50. The molecular weight excluding hydrogens is 264 g/mol. The van der Waals surface area contributed by atoms with Gasteiger partial charge in [0, 0.05) is 6.61 Å². The number of benzene rings is 1. The highest BCUT2D eigenvalue weighted by Crippen LogP contribution is 2.55. The van der Waals surface area contributed by atoms with Crippen molar-refractivity contribution in [2.24, 2.45) is 11.8 Å². The van der Waals surface area contributed by atoms with Crippen molar-refractivity contribution in [1.82, 2.24) is 0 Å². The number of carbonyl (C=O) groups is 1. The van der Waals surface area contributed by atoms with E-state index in [0.717, 1.165) is 18.4 Å². The molecule has 0 amide bonds. The van der Waals surface area contributed by atoms with Crippen LogP contribution in [-0.2, 0) is 20.9 Å². The summed E-state index contributed by atoms with van der Waals surface area (Å²) in [6.07, 6.45) is 5.58. The number of carbonyl (C=O) groups excluding carboxylic acids is 1. The lowest BCUT2D eigenvalue weighted by atomic mass is 9.55. The van der Waals surface area contributed by atoms with E-state index >= 15 is 0 Å². The third-order valence-corrected chi connectivity index (χ3v) is 5.09. The molecule has 0 spiro atoms. The molecule has 0 saturated heterocycles. The third kappa shape index (κ3) is 2.71. The summed E-state index contributed by atoms with van der Waals surface area (Å²) >= 11 is 0. The molecule has 0 aliphatic heterocycles. The number of hydrogen-bond acceptors (Lipinski definition) is 3. The Balaban J connectivity index is 1.62. The van der Waals surface area contributed by atoms with Crippen molar-refractivity contribution in [3.05, 3.63) is 35.9 Å². The number of ether oxygens (including phenoxy) is 2. The lowest BCUT2D eigenvalue weighted by Gasteiger charge is -2.56. The summed E-state index contributed by atoms with van der Waals surface area (Å²) < 4.78 is 11.6. The van der Waals surface area contributed by atoms with Crippen LogP contribution in [0.4, 0.5) is 0 Å². The van der Waals surface area contributed by atoms with Crippen molar-refractivity contribution in [3.63, 3.8) is 0 Å². The maximum Gasteiger partial charge on any atom is 0.312 e. The first kappa shape index (κ1) is 14.6. The van der Waals surface area contributed by atoms with E-state index in [1.54, 1.807) is 0 Å². The third-order valence-electron chi connectivity index (χ3n) is 5.09. The molecule has 0 N–H and O–H groups in total. The van der Waals surface area contributed by atoms with E-state index in [0.29, 0.717) is 19.1 Å². The Hall–Kier alpha value is -1.35. The van der Waals surface area contributed by atoms with E-state index in [1.165, 1.54) is 19.3 Å². The molecule has 0 unspecified atom stereocenters. The average molecular weight is 288 g/mol. The van der Waals surface area contributed by atoms with Crippen molar-refractivity contribution in [2.75, 3.05) is 6.61 Å². The quantitative estimate of drug-likeness (QED) is 0.775. The van der Waals surface area contributed by atoms with E-state index in [1.807, 2.05) is 37.3 Å². The summed E-state index contributed by atoms with van der Waals surface area (Å²) in [5.74, 6) is 0.414. The van der Waals surface area contributed by atoms with Gasteiger partial charge in [-0.1, -0.05) is 43.2 Å². The number of fused-ring (bicyclic) bond motifs is 1. The van der Waals surface area contributed by atoms with Gasteiger partial charge in [-0.15, -0.1) is 0 Å². The summed E-state index contributed by atoms with van der Waals surface area (Å²) in [6, 6.07) is 9.86. The van der Waals surface area contributed by atoms with Gasteiger partial charge in [-0.3, -0.25) is 4.79 Å². The van der Waals surface area contributed by atoms with Crippen LogP contribution in [0, 0.1) is 11.8 Å². The van der Waals surface area contributed by atoms with Crippen LogP contribution in [0.25, 0.3) is 0 Å². The fourth-order valence-electron chi connectivity index (χ4n) is 4.02. The molecule has 114 valence electrons. The summed E-state index contributed by atoms with van der Waals surface area (Å²) in [7, 11) is 0. The van der Waals surface area contributed by atoms with Crippen LogP contribution >= 0.6 is 0 Å². The standard InChI is InChI=1S/C18H24O3/c1-2-21-18-11-7-6-10-15(18)12-16(18)17(19)20-13-14-8-4-3-5-9-14/h3-5,8-9,15-16H,2,6-7,10-13H2,1H3/t15-,16-,18+/m0/s1. The van der Waals surface area contributed by atoms with E-state index in [2.05, 4.69) is 0 Å². The highest BCUT2D eigenvalue weighted by molar-refractivity contribution is 5.75. The molecule has 3 rings (SSSR count). The van der Waals surface area contributed by atoms with E-state index < -0.39 is 0 Å². The SMILES string of the molecule is CCO[C@]12CCCC[C@H]1C[C@H]2C(=O)OCc1ccccc1. The summed E-state index contributed by atoms with van der Waals surface area (Å²) in [5, 5.41) is 0. The van der Waals surface area contributed by atoms with Crippen molar-refractivity contribution < 1.29 is 14.3 Å². The lowest BCUT2D eigenvalue weighted by molar-refractivity contribution is -0.221. The van der Waals surface area contributed by atoms with Gasteiger partial charge in [0.1, 0.15) is 6.61 Å². The predicted octanol–water partition coefficient (Wildman–Crippen LogP) is 3.72. The number of hydrogen-bond donors (Lipinski definition) is 0. The van der Waals surface area contributed by atoms with Gasteiger partial charge in [0.15, 0.2) is 0 Å². The number of rotatable bonds is 5. The Morgan fingerprint density at radius 1 is 1.29 bits per heavy atom. The molecule has 0 radical (unpaired) electrons.